The lowest BCUT2D eigenvalue weighted by Gasteiger charge is -2.38. The Balaban J connectivity index is 0.000000730. The van der Waals surface area contributed by atoms with Gasteiger partial charge in [0.05, 0.1) is 24.1 Å². The molecule has 1 aliphatic heterocycles. The van der Waals surface area contributed by atoms with Crippen LogP contribution in [0.4, 0.5) is 5.69 Å². The van der Waals surface area contributed by atoms with Crippen LogP contribution in [0.1, 0.15) is 40.3 Å². The van der Waals surface area contributed by atoms with Crippen molar-refractivity contribution >= 4 is 16.6 Å². The average Bonchev–Trinajstić information content (AvgIpc) is 2.69. The molecule has 2 atom stereocenters. The van der Waals surface area contributed by atoms with Crippen molar-refractivity contribution in [3.8, 4) is 6.07 Å². The molecule has 25 heavy (non-hydrogen) atoms. The van der Waals surface area contributed by atoms with Crippen molar-refractivity contribution in [2.24, 2.45) is 5.73 Å². The standard InChI is InChI=1S/C15H17N5O.2C2H6/c1-10-8-20(9-11(5-16)21-10)14-7-19-13(6-17)15-12(14)3-2-4-18-15;2*1-2/h2-4,7,10-11H,5,8-9,16H2,1H3;2*1-2H3. The van der Waals surface area contributed by atoms with Crippen LogP contribution in [0, 0.1) is 11.3 Å². The highest BCUT2D eigenvalue weighted by atomic mass is 16.5. The van der Waals surface area contributed by atoms with Crippen molar-refractivity contribution in [1.82, 2.24) is 9.97 Å². The van der Waals surface area contributed by atoms with Gasteiger partial charge in [-0.3, -0.25) is 4.98 Å². The molecule has 2 unspecified atom stereocenters. The minimum atomic E-state index is 0.0103. The number of hydrogen-bond acceptors (Lipinski definition) is 6. The highest BCUT2D eigenvalue weighted by Gasteiger charge is 2.26. The molecule has 1 saturated heterocycles. The van der Waals surface area contributed by atoms with Gasteiger partial charge in [-0.2, -0.15) is 5.26 Å². The largest absolute Gasteiger partial charge is 0.370 e. The molecule has 0 radical (unpaired) electrons. The van der Waals surface area contributed by atoms with E-state index in [1.807, 2.05) is 46.8 Å². The van der Waals surface area contributed by atoms with Gasteiger partial charge in [0.15, 0.2) is 5.69 Å². The lowest BCUT2D eigenvalue weighted by Crippen LogP contribution is -2.49. The van der Waals surface area contributed by atoms with Crippen LogP contribution in [0.5, 0.6) is 0 Å². The van der Waals surface area contributed by atoms with Gasteiger partial charge in [0.25, 0.3) is 0 Å². The minimum Gasteiger partial charge on any atom is -0.370 e. The molecular formula is C19H29N5O. The Labute approximate surface area is 150 Å². The zero-order valence-corrected chi connectivity index (χ0v) is 15.9. The number of nitrogens with zero attached hydrogens (tertiary/aromatic N) is 4. The van der Waals surface area contributed by atoms with Crippen LogP contribution in [0.15, 0.2) is 24.5 Å². The lowest BCUT2D eigenvalue weighted by molar-refractivity contribution is -0.0104. The Morgan fingerprint density at radius 3 is 2.64 bits per heavy atom. The van der Waals surface area contributed by atoms with E-state index < -0.39 is 0 Å². The van der Waals surface area contributed by atoms with Gasteiger partial charge >= 0.3 is 0 Å². The smallest absolute Gasteiger partial charge is 0.166 e. The summed E-state index contributed by atoms with van der Waals surface area (Å²) in [6.07, 6.45) is 3.54. The summed E-state index contributed by atoms with van der Waals surface area (Å²) >= 11 is 0. The highest BCUT2D eigenvalue weighted by molar-refractivity contribution is 5.93. The summed E-state index contributed by atoms with van der Waals surface area (Å²) in [5.41, 5.74) is 7.71. The monoisotopic (exact) mass is 343 g/mol. The molecule has 0 aliphatic carbocycles. The summed E-state index contributed by atoms with van der Waals surface area (Å²) in [5, 5.41) is 10.1. The number of ether oxygens (including phenoxy) is 1. The van der Waals surface area contributed by atoms with E-state index in [1.54, 1.807) is 12.4 Å². The van der Waals surface area contributed by atoms with E-state index in [9.17, 15) is 0 Å². The molecule has 0 amide bonds. The van der Waals surface area contributed by atoms with E-state index in [1.165, 1.54) is 0 Å². The van der Waals surface area contributed by atoms with Gasteiger partial charge in [0.2, 0.25) is 0 Å². The lowest BCUT2D eigenvalue weighted by atomic mass is 10.1. The van der Waals surface area contributed by atoms with Crippen LogP contribution >= 0.6 is 0 Å². The number of rotatable bonds is 2. The van der Waals surface area contributed by atoms with Crippen molar-refractivity contribution in [1.29, 1.82) is 5.26 Å². The molecule has 6 heteroatoms. The second-order valence-electron chi connectivity index (χ2n) is 5.21. The van der Waals surface area contributed by atoms with Gasteiger partial charge < -0.3 is 15.4 Å². The zero-order chi connectivity index (χ0) is 18.8. The molecule has 0 saturated carbocycles. The van der Waals surface area contributed by atoms with E-state index in [0.29, 0.717) is 17.8 Å². The van der Waals surface area contributed by atoms with E-state index in [0.717, 1.165) is 24.2 Å². The van der Waals surface area contributed by atoms with Gasteiger partial charge in [-0.25, -0.2) is 4.98 Å². The first-order valence-electron chi connectivity index (χ1n) is 8.97. The molecular weight excluding hydrogens is 314 g/mol. The summed E-state index contributed by atoms with van der Waals surface area (Å²) in [7, 11) is 0. The summed E-state index contributed by atoms with van der Waals surface area (Å²) in [6, 6.07) is 5.93. The van der Waals surface area contributed by atoms with Crippen LogP contribution in [0.25, 0.3) is 10.9 Å². The van der Waals surface area contributed by atoms with Crippen LogP contribution in [-0.2, 0) is 4.74 Å². The van der Waals surface area contributed by atoms with Crippen molar-refractivity contribution in [3.63, 3.8) is 0 Å². The maximum atomic E-state index is 9.16. The van der Waals surface area contributed by atoms with E-state index in [4.69, 9.17) is 15.7 Å². The van der Waals surface area contributed by atoms with Crippen LogP contribution in [0.3, 0.4) is 0 Å². The maximum absolute atomic E-state index is 9.16. The molecule has 2 aromatic rings. The fourth-order valence-electron chi connectivity index (χ4n) is 2.76. The summed E-state index contributed by atoms with van der Waals surface area (Å²) < 4.78 is 5.79. The topological polar surface area (TPSA) is 88.1 Å². The molecule has 1 aliphatic rings. The van der Waals surface area contributed by atoms with Gasteiger partial charge in [0.1, 0.15) is 11.6 Å². The van der Waals surface area contributed by atoms with Gasteiger partial charge in [-0.15, -0.1) is 0 Å². The molecule has 2 N–H and O–H groups in total. The predicted molar refractivity (Wildman–Crippen MR) is 103 cm³/mol. The van der Waals surface area contributed by atoms with E-state index in [2.05, 4.69) is 20.9 Å². The number of morpholine rings is 1. The zero-order valence-electron chi connectivity index (χ0n) is 15.9. The Kier molecular flexibility index (Phi) is 8.82. The minimum absolute atomic E-state index is 0.0103. The van der Waals surface area contributed by atoms with E-state index in [-0.39, 0.29) is 12.2 Å². The molecule has 6 nitrogen and oxygen atoms in total. The van der Waals surface area contributed by atoms with Crippen LogP contribution < -0.4 is 10.6 Å². The van der Waals surface area contributed by atoms with Crippen molar-refractivity contribution < 1.29 is 4.74 Å². The number of aromatic nitrogens is 2. The molecule has 3 rings (SSSR count). The Morgan fingerprint density at radius 1 is 1.28 bits per heavy atom. The first kappa shape index (κ1) is 20.8. The third-order valence-corrected chi connectivity index (χ3v) is 3.66. The normalized spacial score (nSPS) is 19.2. The molecule has 3 heterocycles. The van der Waals surface area contributed by atoms with Crippen LogP contribution in [-0.4, -0.2) is 41.8 Å². The third-order valence-electron chi connectivity index (χ3n) is 3.66. The number of nitrogens with two attached hydrogens (primary N) is 1. The number of fused-ring (bicyclic) bond motifs is 1. The Morgan fingerprint density at radius 2 is 2.00 bits per heavy atom. The van der Waals surface area contributed by atoms with Crippen molar-refractivity contribution in [3.05, 3.63) is 30.2 Å². The second kappa shape index (κ2) is 10.6. The maximum Gasteiger partial charge on any atom is 0.166 e. The van der Waals surface area contributed by atoms with E-state index >= 15 is 0 Å². The number of pyridine rings is 2. The Hall–Kier alpha value is -2.23. The van der Waals surface area contributed by atoms with Gasteiger partial charge in [0, 0.05) is 31.2 Å². The van der Waals surface area contributed by atoms with Crippen molar-refractivity contribution in [2.45, 2.75) is 46.8 Å². The first-order chi connectivity index (χ1) is 12.2. The third kappa shape index (κ3) is 4.88. The first-order valence-corrected chi connectivity index (χ1v) is 8.97. The second-order valence-corrected chi connectivity index (χ2v) is 5.21. The molecule has 2 aromatic heterocycles. The molecule has 136 valence electrons. The molecule has 0 bridgehead atoms. The highest BCUT2D eigenvalue weighted by Crippen LogP contribution is 2.28. The fourth-order valence-corrected chi connectivity index (χ4v) is 2.76. The average molecular weight is 343 g/mol. The van der Waals surface area contributed by atoms with Crippen molar-refractivity contribution in [2.75, 3.05) is 24.5 Å². The summed E-state index contributed by atoms with van der Waals surface area (Å²) in [5.74, 6) is 0. The number of hydrogen-bond donors (Lipinski definition) is 1. The SMILES string of the molecule is CC.CC.CC1CN(c2cnc(C#N)c3ncccc23)CC(CN)O1. The molecule has 0 aromatic carbocycles. The number of nitriles is 1. The summed E-state index contributed by atoms with van der Waals surface area (Å²) in [6.45, 7) is 12.0. The van der Waals surface area contributed by atoms with Gasteiger partial charge in [-0.1, -0.05) is 27.7 Å². The predicted octanol–water partition coefficient (Wildman–Crippen LogP) is 3.11. The number of anilines is 1. The Bertz CT molecular complexity index is 698. The molecule has 1 fully saturated rings. The quantitative estimate of drug-likeness (QED) is 0.901. The van der Waals surface area contributed by atoms with Crippen LogP contribution in [0.2, 0.25) is 0 Å². The molecule has 0 spiro atoms. The van der Waals surface area contributed by atoms with Gasteiger partial charge in [-0.05, 0) is 19.1 Å². The fraction of sp³-hybridized carbons (Fsp3) is 0.526. The summed E-state index contributed by atoms with van der Waals surface area (Å²) in [4.78, 5) is 10.7.